The highest BCUT2D eigenvalue weighted by Crippen LogP contribution is 2.12. The number of benzene rings is 1. The third-order valence-electron chi connectivity index (χ3n) is 3.95. The Morgan fingerprint density at radius 3 is 2.20 bits per heavy atom. The van der Waals surface area contributed by atoms with Gasteiger partial charge in [0.15, 0.2) is 6.10 Å². The summed E-state index contributed by atoms with van der Waals surface area (Å²) >= 11 is 0. The molecule has 1 unspecified atom stereocenters. The monoisotopic (exact) mass is 423 g/mol. The number of hydrogen-bond acceptors (Lipinski definition) is 6. The van der Waals surface area contributed by atoms with Crippen molar-refractivity contribution in [2.45, 2.75) is 58.8 Å². The van der Waals surface area contributed by atoms with Gasteiger partial charge in [-0.3, -0.25) is 10.0 Å². The molecule has 30 heavy (non-hydrogen) atoms. The zero-order valence-corrected chi connectivity index (χ0v) is 18.2. The molecule has 9 heteroatoms. The Morgan fingerprint density at radius 1 is 1.10 bits per heavy atom. The molecule has 1 aromatic rings. The molecule has 2 atom stereocenters. The van der Waals surface area contributed by atoms with Crippen LogP contribution in [0.1, 0.15) is 40.2 Å². The first-order valence-corrected chi connectivity index (χ1v) is 9.87. The maximum absolute atomic E-state index is 12.9. The van der Waals surface area contributed by atoms with Crippen LogP contribution in [0.2, 0.25) is 0 Å². The molecule has 3 amide bonds. The first-order valence-electron chi connectivity index (χ1n) is 9.87. The molecule has 0 aliphatic rings. The number of rotatable bonds is 9. The molecule has 9 nitrogen and oxygen atoms in total. The number of aliphatic hydroxyl groups is 1. The van der Waals surface area contributed by atoms with Crippen molar-refractivity contribution in [3.8, 4) is 0 Å². The molecule has 0 spiro atoms. The van der Waals surface area contributed by atoms with Gasteiger partial charge >= 0.3 is 12.0 Å². The maximum Gasteiger partial charge on any atom is 0.329 e. The highest BCUT2D eigenvalue weighted by molar-refractivity contribution is 5.85. The van der Waals surface area contributed by atoms with Crippen LogP contribution < -0.4 is 10.8 Å². The lowest BCUT2D eigenvalue weighted by Gasteiger charge is -2.30. The third kappa shape index (κ3) is 9.23. The molecule has 1 rings (SSSR count). The number of nitrogens with one attached hydrogen (secondary N) is 2. The number of esters is 1. The summed E-state index contributed by atoms with van der Waals surface area (Å²) in [6.45, 7) is 8.84. The zero-order chi connectivity index (χ0) is 22.9. The van der Waals surface area contributed by atoms with Gasteiger partial charge in [0.2, 0.25) is 0 Å². The number of ether oxygens (including phenoxy) is 1. The van der Waals surface area contributed by atoms with Crippen molar-refractivity contribution < 1.29 is 29.4 Å². The molecule has 0 saturated carbocycles. The number of urea groups is 1. The van der Waals surface area contributed by atoms with Gasteiger partial charge in [-0.1, -0.05) is 44.2 Å². The van der Waals surface area contributed by atoms with Gasteiger partial charge in [0.05, 0.1) is 6.54 Å². The summed E-state index contributed by atoms with van der Waals surface area (Å²) in [7, 11) is 0. The van der Waals surface area contributed by atoms with Crippen LogP contribution in [0.15, 0.2) is 30.3 Å². The predicted molar refractivity (Wildman–Crippen MR) is 111 cm³/mol. The topological polar surface area (TPSA) is 128 Å². The number of carbonyl (C=O) groups is 3. The van der Waals surface area contributed by atoms with Crippen molar-refractivity contribution in [2.75, 3.05) is 13.1 Å². The lowest BCUT2D eigenvalue weighted by Crippen LogP contribution is -2.53. The van der Waals surface area contributed by atoms with Gasteiger partial charge in [-0.05, 0) is 32.3 Å². The first-order chi connectivity index (χ1) is 13.9. The zero-order valence-electron chi connectivity index (χ0n) is 18.2. The Balaban J connectivity index is 3.02. The summed E-state index contributed by atoms with van der Waals surface area (Å²) in [6.07, 6.45) is -1.40. The smallest absolute Gasteiger partial charge is 0.329 e. The van der Waals surface area contributed by atoms with E-state index >= 15 is 0 Å². The van der Waals surface area contributed by atoms with Crippen molar-refractivity contribution in [1.29, 1.82) is 0 Å². The summed E-state index contributed by atoms with van der Waals surface area (Å²) < 4.78 is 5.45. The third-order valence-corrected chi connectivity index (χ3v) is 3.95. The van der Waals surface area contributed by atoms with E-state index in [0.717, 1.165) is 5.56 Å². The summed E-state index contributed by atoms with van der Waals surface area (Å²) in [5.74, 6) is -1.57. The Kier molecular flexibility index (Phi) is 9.74. The van der Waals surface area contributed by atoms with Gasteiger partial charge in [0, 0.05) is 13.0 Å². The fourth-order valence-electron chi connectivity index (χ4n) is 2.70. The normalized spacial score (nSPS) is 13.3. The highest BCUT2D eigenvalue weighted by Gasteiger charge is 2.30. The summed E-state index contributed by atoms with van der Waals surface area (Å²) in [5.41, 5.74) is 1.46. The fourth-order valence-corrected chi connectivity index (χ4v) is 2.70. The van der Waals surface area contributed by atoms with Gasteiger partial charge < -0.3 is 20.1 Å². The Hall–Kier alpha value is -2.65. The van der Waals surface area contributed by atoms with Crippen LogP contribution in [-0.4, -0.2) is 64.0 Å². The highest BCUT2D eigenvalue weighted by atomic mass is 16.6. The number of hydroxylamine groups is 1. The van der Waals surface area contributed by atoms with E-state index in [1.165, 1.54) is 10.4 Å². The minimum absolute atomic E-state index is 0.0363. The Morgan fingerprint density at radius 2 is 1.70 bits per heavy atom. The SMILES string of the molecule is CC(C)CN(CC(O)C(=O)NO)C(=O)N[C@@H](Cc1ccccc1)C(=O)OC(C)(C)C. The molecule has 0 aliphatic heterocycles. The Bertz CT molecular complexity index is 702. The van der Waals surface area contributed by atoms with Crippen molar-refractivity contribution in [1.82, 2.24) is 15.7 Å². The van der Waals surface area contributed by atoms with Crippen molar-refractivity contribution in [2.24, 2.45) is 5.92 Å². The number of carbonyl (C=O) groups excluding carboxylic acids is 3. The van der Waals surface area contributed by atoms with E-state index in [9.17, 15) is 19.5 Å². The predicted octanol–water partition coefficient (Wildman–Crippen LogP) is 1.47. The largest absolute Gasteiger partial charge is 0.458 e. The first kappa shape index (κ1) is 25.4. The van der Waals surface area contributed by atoms with E-state index in [4.69, 9.17) is 9.94 Å². The van der Waals surface area contributed by atoms with Crippen LogP contribution >= 0.6 is 0 Å². The number of nitrogens with zero attached hydrogens (tertiary/aromatic N) is 1. The van der Waals surface area contributed by atoms with Crippen LogP contribution in [-0.2, 0) is 20.7 Å². The van der Waals surface area contributed by atoms with Crippen molar-refractivity contribution in [3.63, 3.8) is 0 Å². The summed E-state index contributed by atoms with van der Waals surface area (Å²) in [6, 6.07) is 7.60. The van der Waals surface area contributed by atoms with Crippen molar-refractivity contribution in [3.05, 3.63) is 35.9 Å². The molecule has 0 heterocycles. The molecular weight excluding hydrogens is 390 g/mol. The fraction of sp³-hybridized carbons (Fsp3) is 0.571. The van der Waals surface area contributed by atoms with Crippen LogP contribution in [0.3, 0.4) is 0 Å². The molecule has 4 N–H and O–H groups in total. The number of hydrogen-bond donors (Lipinski definition) is 4. The van der Waals surface area contributed by atoms with Crippen LogP contribution in [0.4, 0.5) is 4.79 Å². The molecule has 0 aliphatic carbocycles. The summed E-state index contributed by atoms with van der Waals surface area (Å²) in [4.78, 5) is 38.3. The molecule has 0 fully saturated rings. The quantitative estimate of drug-likeness (QED) is 0.271. The lowest BCUT2D eigenvalue weighted by atomic mass is 10.1. The van der Waals surface area contributed by atoms with Crippen LogP contribution in [0, 0.1) is 5.92 Å². The molecule has 0 aromatic heterocycles. The molecular formula is C21H33N3O6. The second-order valence-corrected chi connectivity index (χ2v) is 8.52. The van der Waals surface area contributed by atoms with Crippen LogP contribution in [0.25, 0.3) is 0 Å². The van der Waals surface area contributed by atoms with E-state index in [-0.39, 0.29) is 25.4 Å². The number of amides is 3. The lowest BCUT2D eigenvalue weighted by molar-refractivity contribution is -0.157. The van der Waals surface area contributed by atoms with E-state index in [0.29, 0.717) is 0 Å². The average Bonchev–Trinajstić information content (AvgIpc) is 2.65. The molecule has 0 radical (unpaired) electrons. The second kappa shape index (κ2) is 11.5. The van der Waals surface area contributed by atoms with E-state index < -0.39 is 35.7 Å². The van der Waals surface area contributed by atoms with E-state index in [2.05, 4.69) is 5.32 Å². The van der Waals surface area contributed by atoms with Gasteiger partial charge in [-0.15, -0.1) is 0 Å². The number of aliphatic hydroxyl groups excluding tert-OH is 1. The molecule has 0 bridgehead atoms. The van der Waals surface area contributed by atoms with Gasteiger partial charge in [0.1, 0.15) is 11.6 Å². The van der Waals surface area contributed by atoms with Gasteiger partial charge in [-0.25, -0.2) is 15.1 Å². The molecule has 168 valence electrons. The second-order valence-electron chi connectivity index (χ2n) is 8.52. The van der Waals surface area contributed by atoms with Crippen molar-refractivity contribution >= 4 is 17.9 Å². The van der Waals surface area contributed by atoms with E-state index in [1.807, 2.05) is 44.2 Å². The maximum atomic E-state index is 12.9. The standard InChI is InChI=1S/C21H33N3O6/c1-14(2)12-24(13-17(25)18(26)23-29)20(28)22-16(19(27)30-21(3,4)5)11-15-9-7-6-8-10-15/h6-10,14,16-17,25,29H,11-13H2,1-5H3,(H,22,28)(H,23,26)/t16-,17?/m0/s1. The van der Waals surface area contributed by atoms with Gasteiger partial charge in [0.25, 0.3) is 5.91 Å². The molecule has 1 aromatic carbocycles. The van der Waals surface area contributed by atoms with E-state index in [1.54, 1.807) is 20.8 Å². The van der Waals surface area contributed by atoms with Gasteiger partial charge in [-0.2, -0.15) is 0 Å². The average molecular weight is 424 g/mol. The Labute approximate surface area is 177 Å². The minimum atomic E-state index is -1.62. The van der Waals surface area contributed by atoms with Crippen LogP contribution in [0.5, 0.6) is 0 Å². The summed E-state index contributed by atoms with van der Waals surface area (Å²) in [5, 5.41) is 21.2. The minimum Gasteiger partial charge on any atom is -0.458 e. The molecule has 0 saturated heterocycles.